The van der Waals surface area contributed by atoms with Crippen LogP contribution in [0.3, 0.4) is 0 Å². The van der Waals surface area contributed by atoms with Crippen LogP contribution >= 0.6 is 16.9 Å². The Morgan fingerprint density at radius 2 is 1.82 bits per heavy atom. The number of nitrogens with zero attached hydrogens (tertiary/aromatic N) is 2. The quantitative estimate of drug-likeness (QED) is 0.0850. The Morgan fingerprint density at radius 1 is 1.18 bits per heavy atom. The molecule has 13 nitrogen and oxygen atoms in total. The van der Waals surface area contributed by atoms with Gasteiger partial charge >= 0.3 is 22.8 Å². The molecular weight excluding hydrogens is 492 g/mol. The van der Waals surface area contributed by atoms with Gasteiger partial charge in [-0.25, -0.2) is 0 Å². The maximum absolute atomic E-state index is 12.6. The number of nitrogens with one attached hydrogen (secondary N) is 1. The van der Waals surface area contributed by atoms with Gasteiger partial charge in [0.25, 0.3) is 5.91 Å². The zero-order valence-corrected chi connectivity index (χ0v) is 19.7. The van der Waals surface area contributed by atoms with E-state index in [4.69, 9.17) is 19.4 Å². The maximum atomic E-state index is 12.6. The van der Waals surface area contributed by atoms with Crippen molar-refractivity contribution in [1.82, 2.24) is 0 Å². The number of rotatable bonds is 11. The predicted molar refractivity (Wildman–Crippen MR) is 120 cm³/mol. The lowest BCUT2D eigenvalue weighted by Gasteiger charge is -2.21. The number of hydrogen-bond donors (Lipinski definition) is 6. The van der Waals surface area contributed by atoms with E-state index in [9.17, 15) is 19.6 Å². The van der Waals surface area contributed by atoms with E-state index in [-0.39, 0.29) is 17.1 Å². The number of carbonyl (C=O) groups is 1. The third-order valence-electron chi connectivity index (χ3n) is 3.99. The number of benzene rings is 2. The molecule has 34 heavy (non-hydrogen) atoms. The Bertz CT molecular complexity index is 1070. The largest absolute Gasteiger partial charge is 0.700 e. The van der Waals surface area contributed by atoms with Gasteiger partial charge in [-0.2, -0.15) is 5.11 Å². The second-order valence-corrected chi connectivity index (χ2v) is 7.86. The Morgan fingerprint density at radius 3 is 2.38 bits per heavy atom. The number of aliphatic hydroxyl groups excluding tert-OH is 1. The highest BCUT2D eigenvalue weighted by molar-refractivity contribution is 7.39. The van der Waals surface area contributed by atoms with Crippen molar-refractivity contribution in [3.63, 3.8) is 0 Å². The first kappa shape index (κ1) is 27.4. The number of methoxy groups -OCH3 is 1. The van der Waals surface area contributed by atoms with Crippen LogP contribution in [-0.2, 0) is 24.8 Å². The summed E-state index contributed by atoms with van der Waals surface area (Å²) >= 11 is 0. The van der Waals surface area contributed by atoms with Gasteiger partial charge in [-0.3, -0.25) is 9.32 Å². The fourth-order valence-electron chi connectivity index (χ4n) is 2.59. The minimum atomic E-state index is -3.31. The van der Waals surface area contributed by atoms with Crippen molar-refractivity contribution in [1.29, 1.82) is 0 Å². The highest BCUT2D eigenvalue weighted by Gasteiger charge is 2.42. The van der Waals surface area contributed by atoms with E-state index in [1.54, 1.807) is 24.3 Å². The summed E-state index contributed by atoms with van der Waals surface area (Å²) in [5, 5.41) is 30.2. The van der Waals surface area contributed by atoms with Crippen LogP contribution in [0, 0.1) is 0 Å². The average molecular weight is 514 g/mol. The van der Waals surface area contributed by atoms with E-state index < -0.39 is 35.2 Å². The van der Waals surface area contributed by atoms with Gasteiger partial charge in [0, 0.05) is 4.57 Å². The van der Waals surface area contributed by atoms with E-state index in [0.717, 1.165) is 0 Å². The number of amides is 1. The Kier molecular flexibility index (Phi) is 10.1. The average Bonchev–Trinajstić information content (AvgIpc) is 2.73. The molecule has 0 aliphatic carbocycles. The number of carbonyl (C=O) groups excluding carboxylic acids is 1. The molecule has 0 saturated carbocycles. The van der Waals surface area contributed by atoms with Gasteiger partial charge < -0.3 is 30.1 Å². The summed E-state index contributed by atoms with van der Waals surface area (Å²) in [6.07, 6.45) is -0.534. The van der Waals surface area contributed by atoms with Crippen molar-refractivity contribution in [2.24, 2.45) is 10.2 Å². The Hall–Kier alpha value is -2.86. The molecule has 2 aromatic carbocycles. The highest BCUT2D eigenvalue weighted by Crippen LogP contribution is 2.38. The lowest BCUT2D eigenvalue weighted by Crippen LogP contribution is -2.34. The van der Waals surface area contributed by atoms with Gasteiger partial charge in [0.2, 0.25) is 0 Å². The van der Waals surface area contributed by atoms with Crippen LogP contribution in [0.5, 0.6) is 5.75 Å². The number of ether oxygens (including phenoxy) is 1. The lowest BCUT2D eigenvalue weighted by atomic mass is 10.1. The number of aliphatic hydroxyl groups is 2. The lowest BCUT2D eigenvalue weighted by molar-refractivity contribution is -0.274. The van der Waals surface area contributed by atoms with Crippen LogP contribution < -0.4 is 10.1 Å². The normalized spacial score (nSPS) is 14.5. The fourth-order valence-corrected chi connectivity index (χ4v) is 3.35. The van der Waals surface area contributed by atoms with Crippen molar-refractivity contribution >= 4 is 34.1 Å². The maximum Gasteiger partial charge on any atom is 0.700 e. The molecule has 0 aliphatic heterocycles. The molecule has 0 aromatic heterocycles. The molecule has 0 spiro atoms. The standard InChI is InChI=1S/C19H21N3O10P2/c1-12(23)17(18(24)20-15-5-3-4-6-16(15)30-2)22-21-14-9-7-13(8-10-14)11-19(25,31-33(26)27)32-34(28)29/h3-10,25-27H,11H2,1-2H3,(H2-,20,21,23,24,28,29)/p+1. The Balaban J connectivity index is 2.14. The van der Waals surface area contributed by atoms with Crippen molar-refractivity contribution in [3.05, 3.63) is 65.6 Å². The smallest absolute Gasteiger partial charge is 0.510 e. The first-order chi connectivity index (χ1) is 16.0. The SMILES string of the molecule is COc1ccccc1NC(=O)C(N=Nc1ccc(CC(O)(OP(O)O)O[P+](=O)O)cc1)=C(C)O. The summed E-state index contributed by atoms with van der Waals surface area (Å²) in [4.78, 5) is 39.3. The summed E-state index contributed by atoms with van der Waals surface area (Å²) in [7, 11) is -4.96. The molecule has 0 saturated heterocycles. The van der Waals surface area contributed by atoms with Gasteiger partial charge in [0.05, 0.1) is 24.9 Å². The molecule has 0 radical (unpaired) electrons. The second kappa shape index (κ2) is 12.6. The summed E-state index contributed by atoms with van der Waals surface area (Å²) in [6.45, 7) is 1.27. The number of azo groups is 1. The molecule has 1 amide bonds. The Labute approximate surface area is 195 Å². The monoisotopic (exact) mass is 514 g/mol. The number of hydrogen-bond acceptors (Lipinski definition) is 11. The molecule has 0 aliphatic rings. The van der Waals surface area contributed by atoms with Crippen molar-refractivity contribution in [2.45, 2.75) is 19.3 Å². The van der Waals surface area contributed by atoms with Crippen molar-refractivity contribution in [2.75, 3.05) is 12.4 Å². The minimum Gasteiger partial charge on any atom is -0.510 e. The highest BCUT2D eigenvalue weighted by atomic mass is 31.2. The fraction of sp³-hybridized carbons (Fsp3) is 0.211. The molecule has 0 fully saturated rings. The first-order valence-corrected chi connectivity index (χ1v) is 11.6. The van der Waals surface area contributed by atoms with Crippen LogP contribution in [0.1, 0.15) is 12.5 Å². The van der Waals surface area contributed by atoms with Crippen molar-refractivity contribution < 1.29 is 48.0 Å². The molecule has 6 N–H and O–H groups in total. The molecule has 0 heterocycles. The molecule has 2 atom stereocenters. The summed E-state index contributed by atoms with van der Waals surface area (Å²) in [5.74, 6) is -3.46. The second-order valence-electron chi connectivity index (χ2n) is 6.52. The van der Waals surface area contributed by atoms with E-state index in [1.807, 2.05) is 0 Å². The summed E-state index contributed by atoms with van der Waals surface area (Å²) in [5.41, 5.74) is 0.567. The predicted octanol–water partition coefficient (Wildman–Crippen LogP) is 3.29. The van der Waals surface area contributed by atoms with Gasteiger partial charge in [0.1, 0.15) is 11.5 Å². The minimum absolute atomic E-state index is 0.248. The molecule has 0 bridgehead atoms. The third-order valence-corrected chi connectivity index (χ3v) is 4.88. The van der Waals surface area contributed by atoms with E-state index in [0.29, 0.717) is 17.0 Å². The zero-order chi connectivity index (χ0) is 25.3. The van der Waals surface area contributed by atoms with Crippen LogP contribution in [0.25, 0.3) is 0 Å². The van der Waals surface area contributed by atoms with Crippen LogP contribution in [0.2, 0.25) is 0 Å². The number of allylic oxidation sites excluding steroid dienone is 1. The van der Waals surface area contributed by atoms with Crippen LogP contribution in [0.4, 0.5) is 11.4 Å². The summed E-state index contributed by atoms with van der Waals surface area (Å²) < 4.78 is 24.8. The third kappa shape index (κ3) is 8.49. The van der Waals surface area contributed by atoms with Crippen molar-refractivity contribution in [3.8, 4) is 5.75 Å². The van der Waals surface area contributed by atoms with E-state index in [1.165, 1.54) is 38.3 Å². The molecular formula is C19H22N3O10P2+. The molecule has 15 heteroatoms. The van der Waals surface area contributed by atoms with Gasteiger partial charge in [-0.05, 0) is 36.8 Å². The zero-order valence-electron chi connectivity index (χ0n) is 17.9. The topological polar surface area (TPSA) is 200 Å². The van der Waals surface area contributed by atoms with Crippen LogP contribution in [0.15, 0.2) is 70.2 Å². The molecule has 182 valence electrons. The molecule has 2 rings (SSSR count). The molecule has 2 aromatic rings. The van der Waals surface area contributed by atoms with Gasteiger partial charge in [-0.15, -0.1) is 10.0 Å². The number of anilines is 1. The summed E-state index contributed by atoms with van der Waals surface area (Å²) in [6, 6.07) is 12.3. The van der Waals surface area contributed by atoms with E-state index in [2.05, 4.69) is 24.6 Å². The van der Waals surface area contributed by atoms with E-state index >= 15 is 0 Å². The van der Waals surface area contributed by atoms with Gasteiger partial charge in [0.15, 0.2) is 5.70 Å². The first-order valence-electron chi connectivity index (χ1n) is 9.32. The number of para-hydroxylation sites is 2. The van der Waals surface area contributed by atoms with Gasteiger partial charge in [-0.1, -0.05) is 28.8 Å². The molecule has 2 unspecified atom stereocenters. The van der Waals surface area contributed by atoms with Crippen LogP contribution in [-0.4, -0.2) is 43.9 Å².